The Hall–Kier alpha value is -4.10. The van der Waals surface area contributed by atoms with Crippen molar-refractivity contribution in [1.29, 1.82) is 0 Å². The summed E-state index contributed by atoms with van der Waals surface area (Å²) in [7, 11) is 0. The molecule has 0 saturated heterocycles. The van der Waals surface area contributed by atoms with E-state index in [9.17, 15) is 0 Å². The van der Waals surface area contributed by atoms with Gasteiger partial charge in [0.1, 0.15) is 11.6 Å². The van der Waals surface area contributed by atoms with Gasteiger partial charge in [0.15, 0.2) is 0 Å². The molecule has 0 unspecified atom stereocenters. The molecule has 1 fully saturated rings. The number of benzene rings is 2. The lowest BCUT2D eigenvalue weighted by molar-refractivity contribution is 0.253. The molecule has 36 heavy (non-hydrogen) atoms. The number of hydrogen-bond donors (Lipinski definition) is 2. The van der Waals surface area contributed by atoms with Gasteiger partial charge in [-0.3, -0.25) is 4.98 Å². The van der Waals surface area contributed by atoms with Crippen molar-refractivity contribution in [2.24, 2.45) is 5.73 Å². The Labute approximate surface area is 210 Å². The lowest BCUT2D eigenvalue weighted by atomic mass is 9.72. The summed E-state index contributed by atoms with van der Waals surface area (Å²) >= 11 is 0. The van der Waals surface area contributed by atoms with E-state index >= 15 is 0 Å². The van der Waals surface area contributed by atoms with Gasteiger partial charge < -0.3 is 11.1 Å². The molecule has 1 saturated carbocycles. The number of fused-ring (bicyclic) bond motifs is 1. The molecule has 1 aliphatic carbocycles. The van der Waals surface area contributed by atoms with Gasteiger partial charge in [0, 0.05) is 30.0 Å². The van der Waals surface area contributed by atoms with E-state index in [0.717, 1.165) is 54.0 Å². The summed E-state index contributed by atoms with van der Waals surface area (Å²) in [5.41, 5.74) is 12.7. The van der Waals surface area contributed by atoms with Crippen LogP contribution in [0.15, 0.2) is 79.1 Å². The van der Waals surface area contributed by atoms with Gasteiger partial charge in [-0.05, 0) is 55.4 Å². The molecule has 3 heterocycles. The topological polar surface area (TPSA) is 94.0 Å². The molecular formula is C29H29N7. The molecule has 3 N–H and O–H groups in total. The van der Waals surface area contributed by atoms with Crippen LogP contribution in [-0.2, 0) is 12.0 Å². The Morgan fingerprint density at radius 3 is 2.44 bits per heavy atom. The van der Waals surface area contributed by atoms with Gasteiger partial charge in [0.25, 0.3) is 5.78 Å². The monoisotopic (exact) mass is 475 g/mol. The summed E-state index contributed by atoms with van der Waals surface area (Å²) in [6.07, 6.45) is 7.80. The van der Waals surface area contributed by atoms with Gasteiger partial charge in [0.05, 0.1) is 11.3 Å². The number of nitrogens with zero attached hydrogens (tertiary/aromatic N) is 5. The van der Waals surface area contributed by atoms with Crippen LogP contribution in [-0.4, -0.2) is 31.1 Å². The molecular weight excluding hydrogens is 446 g/mol. The zero-order valence-corrected chi connectivity index (χ0v) is 20.4. The maximum Gasteiger partial charge on any atom is 0.254 e. The van der Waals surface area contributed by atoms with Crippen molar-refractivity contribution in [2.45, 2.75) is 38.1 Å². The highest BCUT2D eigenvalue weighted by atomic mass is 15.4. The largest absolute Gasteiger partial charge is 0.369 e. The Bertz CT molecular complexity index is 1490. The Morgan fingerprint density at radius 2 is 1.75 bits per heavy atom. The quantitative estimate of drug-likeness (QED) is 0.338. The molecule has 7 nitrogen and oxygen atoms in total. The fourth-order valence-electron chi connectivity index (χ4n) is 4.93. The summed E-state index contributed by atoms with van der Waals surface area (Å²) in [6, 6.07) is 23.0. The minimum absolute atomic E-state index is 0.193. The number of hydrogen-bond acceptors (Lipinski definition) is 6. The summed E-state index contributed by atoms with van der Waals surface area (Å²) in [5, 5.41) is 8.33. The highest BCUT2D eigenvalue weighted by Gasteiger charge is 2.34. The summed E-state index contributed by atoms with van der Waals surface area (Å²) in [4.78, 5) is 13.9. The van der Waals surface area contributed by atoms with E-state index in [1.54, 1.807) is 6.20 Å². The van der Waals surface area contributed by atoms with Crippen LogP contribution >= 0.6 is 0 Å². The highest BCUT2D eigenvalue weighted by Crippen LogP contribution is 2.41. The van der Waals surface area contributed by atoms with E-state index in [0.29, 0.717) is 11.6 Å². The molecule has 1 aliphatic rings. The van der Waals surface area contributed by atoms with Gasteiger partial charge in [-0.25, -0.2) is 4.98 Å². The second-order valence-electron chi connectivity index (χ2n) is 9.55. The first-order valence-corrected chi connectivity index (χ1v) is 12.5. The Morgan fingerprint density at radius 1 is 0.944 bits per heavy atom. The summed E-state index contributed by atoms with van der Waals surface area (Å²) < 4.78 is 1.82. The molecule has 0 bridgehead atoms. The predicted octanol–water partition coefficient (Wildman–Crippen LogP) is 5.15. The van der Waals surface area contributed by atoms with Gasteiger partial charge >= 0.3 is 0 Å². The van der Waals surface area contributed by atoms with Crippen molar-refractivity contribution in [3.8, 4) is 22.4 Å². The van der Waals surface area contributed by atoms with E-state index in [2.05, 4.69) is 62.8 Å². The van der Waals surface area contributed by atoms with E-state index in [1.807, 2.05) is 41.9 Å². The molecule has 3 aromatic heterocycles. The highest BCUT2D eigenvalue weighted by molar-refractivity contribution is 5.89. The number of aryl methyl sites for hydroxylation is 1. The van der Waals surface area contributed by atoms with Gasteiger partial charge in [-0.1, -0.05) is 60.7 Å². The van der Waals surface area contributed by atoms with Crippen LogP contribution < -0.4 is 11.1 Å². The van der Waals surface area contributed by atoms with Crippen LogP contribution in [0, 0.1) is 6.92 Å². The van der Waals surface area contributed by atoms with Crippen molar-refractivity contribution in [2.75, 3.05) is 11.9 Å². The van der Waals surface area contributed by atoms with E-state index in [1.165, 1.54) is 17.5 Å². The number of nitrogens with one attached hydrogen (secondary N) is 1. The Kier molecular flexibility index (Phi) is 5.70. The van der Waals surface area contributed by atoms with Crippen LogP contribution in [0.4, 0.5) is 5.82 Å². The zero-order valence-electron chi connectivity index (χ0n) is 20.4. The van der Waals surface area contributed by atoms with Crippen LogP contribution in [0.3, 0.4) is 0 Å². The predicted molar refractivity (Wildman–Crippen MR) is 143 cm³/mol. The second-order valence-corrected chi connectivity index (χ2v) is 9.55. The van der Waals surface area contributed by atoms with Gasteiger partial charge in [-0.2, -0.15) is 9.50 Å². The van der Waals surface area contributed by atoms with E-state index in [-0.39, 0.29) is 5.54 Å². The first-order valence-electron chi connectivity index (χ1n) is 12.5. The third kappa shape index (κ3) is 4.12. The van der Waals surface area contributed by atoms with Crippen molar-refractivity contribution in [3.63, 3.8) is 0 Å². The number of nitrogens with two attached hydrogens (primary N) is 1. The summed E-state index contributed by atoms with van der Waals surface area (Å²) in [6.45, 7) is 2.61. The SMILES string of the molecule is Cc1nc2nc(-c3ccc(C4(N)CCC4)cc3)c(-c3ccccc3)c(NCCc3cccnc3)n2n1. The molecule has 5 aromatic rings. The Balaban J connectivity index is 1.47. The minimum Gasteiger partial charge on any atom is -0.369 e. The van der Waals surface area contributed by atoms with Crippen molar-refractivity contribution < 1.29 is 0 Å². The maximum atomic E-state index is 6.59. The van der Waals surface area contributed by atoms with Gasteiger partial charge in [-0.15, -0.1) is 5.10 Å². The molecule has 7 heteroatoms. The van der Waals surface area contributed by atoms with E-state index in [4.69, 9.17) is 10.7 Å². The molecule has 6 rings (SSSR count). The first kappa shape index (κ1) is 22.4. The molecule has 0 atom stereocenters. The summed E-state index contributed by atoms with van der Waals surface area (Å²) in [5.74, 6) is 2.13. The average molecular weight is 476 g/mol. The van der Waals surface area contributed by atoms with Gasteiger partial charge in [0.2, 0.25) is 0 Å². The molecule has 0 amide bonds. The smallest absolute Gasteiger partial charge is 0.254 e. The first-order chi connectivity index (χ1) is 17.6. The number of aromatic nitrogens is 5. The normalized spacial score (nSPS) is 14.5. The number of rotatable bonds is 7. The second kappa shape index (κ2) is 9.17. The third-order valence-electron chi connectivity index (χ3n) is 7.06. The van der Waals surface area contributed by atoms with Crippen molar-refractivity contribution in [1.82, 2.24) is 24.6 Å². The number of pyridine rings is 1. The number of anilines is 1. The lowest BCUT2D eigenvalue weighted by Crippen LogP contribution is -2.43. The molecule has 0 spiro atoms. The maximum absolute atomic E-state index is 6.59. The van der Waals surface area contributed by atoms with Crippen LogP contribution in [0.25, 0.3) is 28.2 Å². The van der Waals surface area contributed by atoms with Crippen LogP contribution in [0.1, 0.15) is 36.2 Å². The minimum atomic E-state index is -0.193. The van der Waals surface area contributed by atoms with E-state index < -0.39 is 0 Å². The zero-order chi connectivity index (χ0) is 24.5. The van der Waals surface area contributed by atoms with Crippen LogP contribution in [0.2, 0.25) is 0 Å². The molecule has 2 aromatic carbocycles. The molecule has 180 valence electrons. The third-order valence-corrected chi connectivity index (χ3v) is 7.06. The fraction of sp³-hybridized carbons (Fsp3) is 0.241. The van der Waals surface area contributed by atoms with Crippen molar-refractivity contribution in [3.05, 3.63) is 96.1 Å². The standard InChI is InChI=1S/C29H29N7/c1-20-33-28-34-26(23-10-12-24(13-11-23)29(30)15-6-16-29)25(22-8-3-2-4-9-22)27(36(28)35-20)32-18-14-21-7-5-17-31-19-21/h2-5,7-13,17,19,32H,6,14-16,18,30H2,1H3. The van der Waals surface area contributed by atoms with Crippen molar-refractivity contribution >= 4 is 11.6 Å². The average Bonchev–Trinajstić information content (AvgIpc) is 3.28. The lowest BCUT2D eigenvalue weighted by Gasteiger charge is -2.38. The fourth-order valence-corrected chi connectivity index (χ4v) is 4.93. The molecule has 0 aliphatic heterocycles. The van der Waals surface area contributed by atoms with Crippen LogP contribution in [0.5, 0.6) is 0 Å². The molecule has 0 radical (unpaired) electrons.